The molecule has 0 radical (unpaired) electrons. The second-order valence-electron chi connectivity index (χ2n) is 7.88. The lowest BCUT2D eigenvalue weighted by molar-refractivity contribution is 0.0746. The predicted octanol–water partition coefficient (Wildman–Crippen LogP) is 5.70. The van der Waals surface area contributed by atoms with Crippen LogP contribution in [0.3, 0.4) is 0 Å². The Hall–Kier alpha value is -2.97. The standard InChI is InChI=1S/C25H25BrClN3O4/c1-2-15-33-19-6-3-17(4-7-19)25(32)30-13-11-29(12-14-30)21-8-5-18(16-20(21)27)28-24(31)22-9-10-23(26)34-22/h3-10,16H,2,11-15H2,1H3,(H,28,31). The SMILES string of the molecule is CCCOc1ccc(C(=O)N2CCN(c3ccc(NC(=O)c4ccc(Br)o4)cc3Cl)CC2)cc1. The summed E-state index contributed by atoms with van der Waals surface area (Å²) in [6.45, 7) is 5.22. The lowest BCUT2D eigenvalue weighted by Gasteiger charge is -2.36. The summed E-state index contributed by atoms with van der Waals surface area (Å²) in [4.78, 5) is 29.2. The van der Waals surface area contributed by atoms with E-state index in [4.69, 9.17) is 20.8 Å². The van der Waals surface area contributed by atoms with Crippen molar-refractivity contribution in [1.29, 1.82) is 0 Å². The second kappa shape index (κ2) is 11.0. The van der Waals surface area contributed by atoms with Crippen molar-refractivity contribution >= 4 is 50.7 Å². The molecule has 0 bridgehead atoms. The fraction of sp³-hybridized carbons (Fsp3) is 0.280. The summed E-state index contributed by atoms with van der Waals surface area (Å²) < 4.78 is 11.4. The number of halogens is 2. The molecule has 2 aromatic carbocycles. The van der Waals surface area contributed by atoms with Gasteiger partial charge in [-0.3, -0.25) is 9.59 Å². The molecule has 0 unspecified atom stereocenters. The van der Waals surface area contributed by atoms with Crippen molar-refractivity contribution in [2.75, 3.05) is 43.0 Å². The summed E-state index contributed by atoms with van der Waals surface area (Å²) in [5, 5.41) is 3.31. The Kier molecular flexibility index (Phi) is 7.80. The molecule has 34 heavy (non-hydrogen) atoms. The number of furan rings is 1. The van der Waals surface area contributed by atoms with E-state index in [-0.39, 0.29) is 17.6 Å². The zero-order valence-electron chi connectivity index (χ0n) is 18.7. The highest BCUT2D eigenvalue weighted by atomic mass is 79.9. The van der Waals surface area contributed by atoms with E-state index in [1.54, 1.807) is 24.3 Å². The van der Waals surface area contributed by atoms with Crippen molar-refractivity contribution in [3.63, 3.8) is 0 Å². The lowest BCUT2D eigenvalue weighted by Crippen LogP contribution is -2.48. The number of amides is 2. The third kappa shape index (κ3) is 5.74. The minimum atomic E-state index is -0.355. The van der Waals surface area contributed by atoms with Crippen molar-refractivity contribution in [1.82, 2.24) is 4.90 Å². The van der Waals surface area contributed by atoms with Gasteiger partial charge in [-0.05, 0) is 76.9 Å². The van der Waals surface area contributed by atoms with Crippen LogP contribution in [0.25, 0.3) is 0 Å². The first-order valence-electron chi connectivity index (χ1n) is 11.1. The molecule has 1 aliphatic heterocycles. The Morgan fingerprint density at radius 3 is 2.41 bits per heavy atom. The summed E-state index contributed by atoms with van der Waals surface area (Å²) in [6.07, 6.45) is 0.940. The molecule has 1 N–H and O–H groups in total. The lowest BCUT2D eigenvalue weighted by atomic mass is 10.1. The van der Waals surface area contributed by atoms with Crippen LogP contribution in [0.2, 0.25) is 5.02 Å². The molecule has 0 spiro atoms. The molecule has 178 valence electrons. The zero-order valence-corrected chi connectivity index (χ0v) is 21.1. The van der Waals surface area contributed by atoms with E-state index in [0.717, 1.165) is 17.9 Å². The second-order valence-corrected chi connectivity index (χ2v) is 9.06. The van der Waals surface area contributed by atoms with Crippen LogP contribution in [0.4, 0.5) is 11.4 Å². The smallest absolute Gasteiger partial charge is 0.291 e. The zero-order chi connectivity index (χ0) is 24.1. The summed E-state index contributed by atoms with van der Waals surface area (Å²) >= 11 is 9.71. The summed E-state index contributed by atoms with van der Waals surface area (Å²) in [5.41, 5.74) is 2.09. The molecule has 7 nitrogen and oxygen atoms in total. The molecule has 4 rings (SSSR count). The number of carbonyl (C=O) groups excluding carboxylic acids is 2. The third-order valence-corrected chi connectivity index (χ3v) is 6.21. The third-order valence-electron chi connectivity index (χ3n) is 5.48. The number of carbonyl (C=O) groups is 2. The van der Waals surface area contributed by atoms with Crippen molar-refractivity contribution < 1.29 is 18.7 Å². The Labute approximate surface area is 211 Å². The van der Waals surface area contributed by atoms with Crippen LogP contribution in [0.1, 0.15) is 34.3 Å². The summed E-state index contributed by atoms with van der Waals surface area (Å²) in [6, 6.07) is 15.9. The van der Waals surface area contributed by atoms with Gasteiger partial charge in [0.15, 0.2) is 10.4 Å². The van der Waals surface area contributed by atoms with Gasteiger partial charge in [-0.1, -0.05) is 18.5 Å². The van der Waals surface area contributed by atoms with E-state index in [9.17, 15) is 9.59 Å². The highest BCUT2D eigenvalue weighted by molar-refractivity contribution is 9.10. The predicted molar refractivity (Wildman–Crippen MR) is 136 cm³/mol. The quantitative estimate of drug-likeness (QED) is 0.412. The number of rotatable bonds is 7. The fourth-order valence-corrected chi connectivity index (χ4v) is 4.32. The Balaban J connectivity index is 1.33. The van der Waals surface area contributed by atoms with E-state index < -0.39 is 0 Å². The van der Waals surface area contributed by atoms with Crippen molar-refractivity contribution in [3.8, 4) is 5.75 Å². The van der Waals surface area contributed by atoms with Crippen molar-refractivity contribution in [2.24, 2.45) is 0 Å². The first-order chi connectivity index (χ1) is 16.4. The molecule has 2 amide bonds. The van der Waals surface area contributed by atoms with E-state index >= 15 is 0 Å². The van der Waals surface area contributed by atoms with Crippen LogP contribution >= 0.6 is 27.5 Å². The number of anilines is 2. The maximum absolute atomic E-state index is 12.9. The van der Waals surface area contributed by atoms with Crippen LogP contribution < -0.4 is 15.0 Å². The maximum Gasteiger partial charge on any atom is 0.291 e. The Morgan fingerprint density at radius 2 is 1.79 bits per heavy atom. The van der Waals surface area contributed by atoms with Crippen molar-refractivity contribution in [2.45, 2.75) is 13.3 Å². The molecule has 1 aromatic heterocycles. The molecule has 1 saturated heterocycles. The molecule has 1 fully saturated rings. The number of nitrogens with zero attached hydrogens (tertiary/aromatic N) is 2. The number of ether oxygens (including phenoxy) is 1. The fourth-order valence-electron chi connectivity index (χ4n) is 3.72. The van der Waals surface area contributed by atoms with Crippen molar-refractivity contribution in [3.05, 3.63) is 75.6 Å². The Bertz CT molecular complexity index is 1160. The molecule has 1 aliphatic rings. The van der Waals surface area contributed by atoms with Gasteiger partial charge in [0.1, 0.15) is 5.75 Å². The molecule has 0 saturated carbocycles. The average Bonchev–Trinajstić information content (AvgIpc) is 3.29. The minimum Gasteiger partial charge on any atom is -0.494 e. The number of hydrogen-bond donors (Lipinski definition) is 1. The van der Waals surface area contributed by atoms with Gasteiger partial charge in [0, 0.05) is 37.4 Å². The largest absolute Gasteiger partial charge is 0.494 e. The molecular weight excluding hydrogens is 522 g/mol. The normalized spacial score (nSPS) is 13.6. The maximum atomic E-state index is 12.9. The molecule has 0 aliphatic carbocycles. The monoisotopic (exact) mass is 545 g/mol. The number of benzene rings is 2. The average molecular weight is 547 g/mol. The molecule has 2 heterocycles. The number of piperazine rings is 1. The van der Waals surface area contributed by atoms with Gasteiger partial charge in [0.25, 0.3) is 11.8 Å². The minimum absolute atomic E-state index is 0.00964. The highest BCUT2D eigenvalue weighted by Gasteiger charge is 2.23. The van der Waals surface area contributed by atoms with E-state index in [1.807, 2.05) is 35.2 Å². The van der Waals surface area contributed by atoms with Gasteiger partial charge in [0.05, 0.1) is 17.3 Å². The molecular formula is C25H25BrClN3O4. The van der Waals surface area contributed by atoms with Crippen LogP contribution in [0.5, 0.6) is 5.75 Å². The molecule has 0 atom stereocenters. The topological polar surface area (TPSA) is 75.0 Å². The van der Waals surface area contributed by atoms with Crippen LogP contribution in [-0.2, 0) is 0 Å². The number of hydrogen-bond acceptors (Lipinski definition) is 5. The van der Waals surface area contributed by atoms with E-state index in [0.29, 0.717) is 53.7 Å². The first kappa shape index (κ1) is 24.2. The molecule has 9 heteroatoms. The van der Waals surface area contributed by atoms with Gasteiger partial charge in [0.2, 0.25) is 0 Å². The van der Waals surface area contributed by atoms with Gasteiger partial charge in [-0.25, -0.2) is 0 Å². The van der Waals surface area contributed by atoms with Gasteiger partial charge in [-0.2, -0.15) is 0 Å². The summed E-state index contributed by atoms with van der Waals surface area (Å²) in [5.74, 6) is 0.632. The Morgan fingerprint density at radius 1 is 1.06 bits per heavy atom. The van der Waals surface area contributed by atoms with Crippen LogP contribution in [-0.4, -0.2) is 49.5 Å². The van der Waals surface area contributed by atoms with Crippen LogP contribution in [0, 0.1) is 0 Å². The first-order valence-corrected chi connectivity index (χ1v) is 12.2. The van der Waals surface area contributed by atoms with E-state index in [2.05, 4.69) is 33.1 Å². The van der Waals surface area contributed by atoms with Gasteiger partial charge < -0.3 is 24.3 Å². The highest BCUT2D eigenvalue weighted by Crippen LogP contribution is 2.30. The number of nitrogens with one attached hydrogen (secondary N) is 1. The van der Waals surface area contributed by atoms with Gasteiger partial charge >= 0.3 is 0 Å². The summed E-state index contributed by atoms with van der Waals surface area (Å²) in [7, 11) is 0. The van der Waals surface area contributed by atoms with E-state index in [1.165, 1.54) is 0 Å². The van der Waals surface area contributed by atoms with Crippen LogP contribution in [0.15, 0.2) is 63.7 Å². The molecule has 3 aromatic rings. The van der Waals surface area contributed by atoms with Gasteiger partial charge in [-0.15, -0.1) is 0 Å².